The molecular weight excluding hydrogens is 316 g/mol. The molecule has 1 amide bonds. The summed E-state index contributed by atoms with van der Waals surface area (Å²) in [4.78, 5) is 22.9. The van der Waals surface area contributed by atoms with E-state index in [0.29, 0.717) is 0 Å². The van der Waals surface area contributed by atoms with Crippen molar-refractivity contribution in [3.05, 3.63) is 11.6 Å². The van der Waals surface area contributed by atoms with E-state index >= 15 is 0 Å². The average molecular weight is 351 g/mol. The summed E-state index contributed by atoms with van der Waals surface area (Å²) in [7, 11) is 1.79. The zero-order valence-electron chi connectivity index (χ0n) is 16.6. The van der Waals surface area contributed by atoms with E-state index in [0.717, 1.165) is 44.7 Å². The van der Waals surface area contributed by atoms with Crippen molar-refractivity contribution in [1.82, 2.24) is 10.2 Å². The molecular formula is C19H34N4O2. The zero-order valence-corrected chi connectivity index (χ0v) is 16.6. The Morgan fingerprint density at radius 3 is 2.72 bits per heavy atom. The molecule has 1 heterocycles. The number of rotatable bonds is 6. The van der Waals surface area contributed by atoms with Gasteiger partial charge in [-0.15, -0.1) is 0 Å². The minimum atomic E-state index is -0.471. The lowest BCUT2D eigenvalue weighted by Gasteiger charge is -2.29. The molecule has 0 aromatic heterocycles. The smallest absolute Gasteiger partial charge is 0.407 e. The standard InChI is InChI=1S/C19H34N4O2/c1-7-8-11-21-17(20-6)16-9-12-23(13-10-16)14-15(2)22-18(24)25-19(3,4)5/h9,11,15H,7-8,10,12-14H2,1-6H3,(H,22,24). The van der Waals surface area contributed by atoms with E-state index in [2.05, 4.69) is 33.2 Å². The predicted molar refractivity (Wildman–Crippen MR) is 105 cm³/mol. The number of amidine groups is 1. The highest BCUT2D eigenvalue weighted by molar-refractivity contribution is 6.02. The molecule has 0 aromatic rings. The highest BCUT2D eigenvalue weighted by Gasteiger charge is 2.20. The van der Waals surface area contributed by atoms with Crippen molar-refractivity contribution >= 4 is 18.1 Å². The summed E-state index contributed by atoms with van der Waals surface area (Å²) in [5.74, 6) is 0.841. The molecule has 1 N–H and O–H groups in total. The fourth-order valence-electron chi connectivity index (χ4n) is 2.59. The Bertz CT molecular complexity index is 518. The third-order valence-electron chi connectivity index (χ3n) is 3.72. The first-order valence-electron chi connectivity index (χ1n) is 9.15. The predicted octanol–water partition coefficient (Wildman–Crippen LogP) is 3.43. The van der Waals surface area contributed by atoms with Crippen LogP contribution in [0.5, 0.6) is 0 Å². The van der Waals surface area contributed by atoms with E-state index in [1.165, 1.54) is 5.57 Å². The zero-order chi connectivity index (χ0) is 18.9. The summed E-state index contributed by atoms with van der Waals surface area (Å²) in [5, 5.41) is 2.89. The SMILES string of the molecule is CCCC=NC(=NC)C1=CCN(CC(C)NC(=O)OC(C)(C)C)CC1. The largest absolute Gasteiger partial charge is 0.444 e. The molecule has 1 aliphatic heterocycles. The van der Waals surface area contributed by atoms with Gasteiger partial charge in [0.2, 0.25) is 0 Å². The Hall–Kier alpha value is -1.69. The van der Waals surface area contributed by atoms with Crippen LogP contribution in [0.15, 0.2) is 21.6 Å². The van der Waals surface area contributed by atoms with Gasteiger partial charge in [-0.1, -0.05) is 19.4 Å². The topological polar surface area (TPSA) is 66.3 Å². The first-order chi connectivity index (χ1) is 11.7. The van der Waals surface area contributed by atoms with Crippen molar-refractivity contribution in [1.29, 1.82) is 0 Å². The molecule has 0 saturated carbocycles. The van der Waals surface area contributed by atoms with Gasteiger partial charge >= 0.3 is 6.09 Å². The second-order valence-electron chi connectivity index (χ2n) is 7.43. The number of carbonyl (C=O) groups excluding carboxylic acids is 1. The number of nitrogens with zero attached hydrogens (tertiary/aromatic N) is 3. The fourth-order valence-corrected chi connectivity index (χ4v) is 2.59. The normalized spacial score (nSPS) is 18.2. The van der Waals surface area contributed by atoms with Gasteiger partial charge in [-0.25, -0.2) is 9.79 Å². The minimum Gasteiger partial charge on any atom is -0.444 e. The van der Waals surface area contributed by atoms with Crippen molar-refractivity contribution in [2.45, 2.75) is 65.5 Å². The van der Waals surface area contributed by atoms with Crippen LogP contribution in [0.25, 0.3) is 0 Å². The molecule has 25 heavy (non-hydrogen) atoms. The molecule has 0 spiro atoms. The lowest BCUT2D eigenvalue weighted by atomic mass is 10.1. The average Bonchev–Trinajstić information content (AvgIpc) is 2.50. The van der Waals surface area contributed by atoms with Crippen LogP contribution < -0.4 is 5.32 Å². The Morgan fingerprint density at radius 1 is 1.48 bits per heavy atom. The summed E-state index contributed by atoms with van der Waals surface area (Å²) in [5.41, 5.74) is 0.736. The molecule has 0 aliphatic carbocycles. The molecule has 0 radical (unpaired) electrons. The van der Waals surface area contributed by atoms with Crippen molar-refractivity contribution in [3.63, 3.8) is 0 Å². The first-order valence-corrected chi connectivity index (χ1v) is 9.15. The summed E-state index contributed by atoms with van der Waals surface area (Å²) >= 11 is 0. The van der Waals surface area contributed by atoms with Gasteiger partial charge in [0.15, 0.2) is 0 Å². The minimum absolute atomic E-state index is 0.0340. The number of ether oxygens (including phenoxy) is 1. The van der Waals surface area contributed by atoms with Crippen molar-refractivity contribution < 1.29 is 9.53 Å². The van der Waals surface area contributed by atoms with Gasteiger partial charge in [-0.2, -0.15) is 0 Å². The Labute approximate surface area is 152 Å². The number of aliphatic imine (C=N–C) groups is 2. The fraction of sp³-hybridized carbons (Fsp3) is 0.737. The maximum absolute atomic E-state index is 11.8. The molecule has 6 nitrogen and oxygen atoms in total. The van der Waals surface area contributed by atoms with Gasteiger partial charge < -0.3 is 10.1 Å². The molecule has 0 aromatic carbocycles. The van der Waals surface area contributed by atoms with Crippen LogP contribution in [0.4, 0.5) is 4.79 Å². The van der Waals surface area contributed by atoms with Crippen LogP contribution >= 0.6 is 0 Å². The highest BCUT2D eigenvalue weighted by Crippen LogP contribution is 2.14. The van der Waals surface area contributed by atoms with E-state index in [1.807, 2.05) is 33.9 Å². The molecule has 1 rings (SSSR count). The highest BCUT2D eigenvalue weighted by atomic mass is 16.6. The molecule has 142 valence electrons. The number of nitrogens with one attached hydrogen (secondary N) is 1. The lowest BCUT2D eigenvalue weighted by Crippen LogP contribution is -2.45. The Balaban J connectivity index is 2.47. The number of amides is 1. The van der Waals surface area contributed by atoms with Crippen LogP contribution in [0.1, 0.15) is 53.9 Å². The van der Waals surface area contributed by atoms with Crippen molar-refractivity contribution in [2.24, 2.45) is 9.98 Å². The second-order valence-corrected chi connectivity index (χ2v) is 7.43. The van der Waals surface area contributed by atoms with Crippen LogP contribution in [0.3, 0.4) is 0 Å². The van der Waals surface area contributed by atoms with E-state index in [-0.39, 0.29) is 12.1 Å². The molecule has 1 aliphatic rings. The van der Waals surface area contributed by atoms with Crippen LogP contribution in [0.2, 0.25) is 0 Å². The first kappa shape index (κ1) is 21.4. The van der Waals surface area contributed by atoms with Gasteiger partial charge in [0.05, 0.1) is 0 Å². The maximum atomic E-state index is 11.8. The summed E-state index contributed by atoms with van der Waals surface area (Å²) in [6.45, 7) is 12.3. The van der Waals surface area contributed by atoms with Gasteiger partial charge in [-0.05, 0) is 46.1 Å². The number of alkyl carbamates (subject to hydrolysis) is 1. The van der Waals surface area contributed by atoms with Gasteiger partial charge in [0.1, 0.15) is 11.4 Å². The Kier molecular flexibility index (Phi) is 8.83. The third-order valence-corrected chi connectivity index (χ3v) is 3.72. The monoisotopic (exact) mass is 350 g/mol. The summed E-state index contributed by atoms with van der Waals surface area (Å²) in [6, 6.07) is 0.0340. The van der Waals surface area contributed by atoms with Gasteiger partial charge in [-0.3, -0.25) is 9.89 Å². The van der Waals surface area contributed by atoms with E-state index in [1.54, 1.807) is 7.05 Å². The summed E-state index contributed by atoms with van der Waals surface area (Å²) < 4.78 is 5.30. The molecule has 0 fully saturated rings. The number of carbonyl (C=O) groups is 1. The molecule has 6 heteroatoms. The molecule has 0 saturated heterocycles. The summed E-state index contributed by atoms with van der Waals surface area (Å²) in [6.07, 6.45) is 6.77. The molecule has 0 bridgehead atoms. The van der Waals surface area contributed by atoms with E-state index < -0.39 is 5.60 Å². The van der Waals surface area contributed by atoms with Crippen LogP contribution in [-0.4, -0.2) is 61.4 Å². The molecule has 1 atom stereocenters. The van der Waals surface area contributed by atoms with Crippen molar-refractivity contribution in [2.75, 3.05) is 26.7 Å². The number of hydrogen-bond acceptors (Lipinski definition) is 4. The van der Waals surface area contributed by atoms with E-state index in [4.69, 9.17) is 4.74 Å². The van der Waals surface area contributed by atoms with Crippen molar-refractivity contribution in [3.8, 4) is 0 Å². The quantitative estimate of drug-likeness (QED) is 0.589. The lowest BCUT2D eigenvalue weighted by molar-refractivity contribution is 0.0498. The molecule has 1 unspecified atom stereocenters. The number of unbranched alkanes of at least 4 members (excludes halogenated alkanes) is 1. The number of hydrogen-bond donors (Lipinski definition) is 1. The maximum Gasteiger partial charge on any atom is 0.407 e. The van der Waals surface area contributed by atoms with Gasteiger partial charge in [0.25, 0.3) is 0 Å². The Morgan fingerprint density at radius 2 is 2.20 bits per heavy atom. The van der Waals surface area contributed by atoms with Crippen LogP contribution in [-0.2, 0) is 4.74 Å². The van der Waals surface area contributed by atoms with Gasteiger partial charge in [0, 0.05) is 38.9 Å². The van der Waals surface area contributed by atoms with Crippen LogP contribution in [0, 0.1) is 0 Å². The third kappa shape index (κ3) is 8.82. The van der Waals surface area contributed by atoms with E-state index in [9.17, 15) is 4.79 Å². The second kappa shape index (κ2) is 10.3.